The van der Waals surface area contributed by atoms with Gasteiger partial charge >= 0.3 is 0 Å². The van der Waals surface area contributed by atoms with Crippen LogP contribution in [0.4, 0.5) is 4.39 Å². The van der Waals surface area contributed by atoms with Gasteiger partial charge in [-0.25, -0.2) is 9.37 Å². The second kappa shape index (κ2) is 6.61. The largest absolute Gasteiger partial charge is 0.348 e. The quantitative estimate of drug-likeness (QED) is 0.930. The number of amides is 1. The summed E-state index contributed by atoms with van der Waals surface area (Å²) < 4.78 is 13.6. The standard InChI is InChI=1S/C15H14BrFN2O/c1-10(8-11-2-5-13(17)6-3-11)19-15(20)14-7-4-12(16)9-18-14/h2-7,9-10H,8H2,1H3,(H,19,20). The lowest BCUT2D eigenvalue weighted by molar-refractivity contribution is 0.0935. The Kier molecular flexibility index (Phi) is 4.84. The zero-order valence-corrected chi connectivity index (χ0v) is 12.5. The molecule has 1 N–H and O–H groups in total. The Bertz CT molecular complexity index is 584. The van der Waals surface area contributed by atoms with E-state index >= 15 is 0 Å². The van der Waals surface area contributed by atoms with Crippen LogP contribution in [0.2, 0.25) is 0 Å². The normalized spacial score (nSPS) is 11.9. The molecule has 1 unspecified atom stereocenters. The highest BCUT2D eigenvalue weighted by Crippen LogP contribution is 2.09. The molecule has 0 fully saturated rings. The van der Waals surface area contributed by atoms with E-state index in [2.05, 4.69) is 26.2 Å². The number of carbonyl (C=O) groups excluding carboxylic acids is 1. The summed E-state index contributed by atoms with van der Waals surface area (Å²) in [5, 5.41) is 2.87. The van der Waals surface area contributed by atoms with Gasteiger partial charge in [-0.1, -0.05) is 12.1 Å². The first-order valence-electron chi connectivity index (χ1n) is 6.21. The zero-order valence-electron chi connectivity index (χ0n) is 10.9. The SMILES string of the molecule is CC(Cc1ccc(F)cc1)NC(=O)c1ccc(Br)cn1. The third-order valence-electron chi connectivity index (χ3n) is 2.79. The monoisotopic (exact) mass is 336 g/mol. The maximum Gasteiger partial charge on any atom is 0.270 e. The first kappa shape index (κ1) is 14.7. The van der Waals surface area contributed by atoms with Crippen molar-refractivity contribution < 1.29 is 9.18 Å². The highest BCUT2D eigenvalue weighted by molar-refractivity contribution is 9.10. The fourth-order valence-corrected chi connectivity index (χ4v) is 2.07. The highest BCUT2D eigenvalue weighted by Gasteiger charge is 2.11. The van der Waals surface area contributed by atoms with E-state index in [4.69, 9.17) is 0 Å². The summed E-state index contributed by atoms with van der Waals surface area (Å²) in [5.41, 5.74) is 1.35. The Morgan fingerprint density at radius 1 is 1.30 bits per heavy atom. The van der Waals surface area contributed by atoms with Gasteiger partial charge in [0.1, 0.15) is 11.5 Å². The summed E-state index contributed by atoms with van der Waals surface area (Å²) in [7, 11) is 0. The molecule has 2 rings (SSSR count). The number of nitrogens with zero attached hydrogens (tertiary/aromatic N) is 1. The van der Waals surface area contributed by atoms with Crippen molar-refractivity contribution in [1.29, 1.82) is 0 Å². The molecule has 20 heavy (non-hydrogen) atoms. The van der Waals surface area contributed by atoms with E-state index < -0.39 is 0 Å². The number of hydrogen-bond acceptors (Lipinski definition) is 2. The van der Waals surface area contributed by atoms with Gasteiger partial charge in [0.05, 0.1) is 0 Å². The molecule has 1 amide bonds. The van der Waals surface area contributed by atoms with Crippen LogP contribution in [0.25, 0.3) is 0 Å². The van der Waals surface area contributed by atoms with Gasteiger partial charge in [-0.3, -0.25) is 4.79 Å². The Morgan fingerprint density at radius 2 is 2.00 bits per heavy atom. The average Bonchev–Trinajstić information content (AvgIpc) is 2.42. The number of aromatic nitrogens is 1. The molecule has 0 aliphatic heterocycles. The van der Waals surface area contributed by atoms with Crippen LogP contribution in [0.15, 0.2) is 47.1 Å². The van der Waals surface area contributed by atoms with E-state index in [9.17, 15) is 9.18 Å². The van der Waals surface area contributed by atoms with Crippen LogP contribution in [0, 0.1) is 5.82 Å². The molecule has 3 nitrogen and oxygen atoms in total. The summed E-state index contributed by atoms with van der Waals surface area (Å²) in [4.78, 5) is 16.0. The number of halogens is 2. The summed E-state index contributed by atoms with van der Waals surface area (Å²) in [6.45, 7) is 1.90. The van der Waals surface area contributed by atoms with Gasteiger partial charge in [0.25, 0.3) is 5.91 Å². The predicted molar refractivity (Wildman–Crippen MR) is 79.0 cm³/mol. The zero-order chi connectivity index (χ0) is 14.5. The molecule has 0 aliphatic carbocycles. The molecular weight excluding hydrogens is 323 g/mol. The molecule has 5 heteroatoms. The second-order valence-electron chi connectivity index (χ2n) is 4.57. The predicted octanol–water partition coefficient (Wildman–Crippen LogP) is 3.34. The summed E-state index contributed by atoms with van der Waals surface area (Å²) in [6.07, 6.45) is 2.22. The second-order valence-corrected chi connectivity index (χ2v) is 5.48. The molecule has 2 aromatic rings. The molecule has 0 saturated heterocycles. The van der Waals surface area contributed by atoms with Gasteiger partial charge in [-0.2, -0.15) is 0 Å². The number of carbonyl (C=O) groups is 1. The molecule has 1 heterocycles. The van der Waals surface area contributed by atoms with Gasteiger partial charge in [0, 0.05) is 16.7 Å². The van der Waals surface area contributed by atoms with E-state index in [1.807, 2.05) is 6.92 Å². The molecule has 0 saturated carbocycles. The van der Waals surface area contributed by atoms with Gasteiger partial charge in [0.15, 0.2) is 0 Å². The topological polar surface area (TPSA) is 42.0 Å². The van der Waals surface area contributed by atoms with Crippen LogP contribution in [0.1, 0.15) is 23.0 Å². The van der Waals surface area contributed by atoms with Crippen molar-refractivity contribution in [2.45, 2.75) is 19.4 Å². The van der Waals surface area contributed by atoms with E-state index in [1.165, 1.54) is 12.1 Å². The van der Waals surface area contributed by atoms with Crippen molar-refractivity contribution in [1.82, 2.24) is 10.3 Å². The van der Waals surface area contributed by atoms with Crippen LogP contribution in [0.5, 0.6) is 0 Å². The molecule has 104 valence electrons. The van der Waals surface area contributed by atoms with E-state index in [-0.39, 0.29) is 17.8 Å². The van der Waals surface area contributed by atoms with Gasteiger partial charge in [-0.05, 0) is 59.1 Å². The highest BCUT2D eigenvalue weighted by atomic mass is 79.9. The first-order valence-corrected chi connectivity index (χ1v) is 7.01. The fraction of sp³-hybridized carbons (Fsp3) is 0.200. The van der Waals surface area contributed by atoms with E-state index in [1.54, 1.807) is 30.5 Å². The van der Waals surface area contributed by atoms with Crippen LogP contribution in [0.3, 0.4) is 0 Å². The molecule has 1 aromatic carbocycles. The third kappa shape index (κ3) is 4.13. The molecule has 0 radical (unpaired) electrons. The fourth-order valence-electron chi connectivity index (χ4n) is 1.83. The van der Waals surface area contributed by atoms with E-state index in [0.717, 1.165) is 10.0 Å². The molecular formula is C15H14BrFN2O. The van der Waals surface area contributed by atoms with Crippen LogP contribution in [-0.2, 0) is 6.42 Å². The number of nitrogens with one attached hydrogen (secondary N) is 1. The minimum absolute atomic E-state index is 0.0570. The Hall–Kier alpha value is -1.75. The van der Waals surface area contributed by atoms with Gasteiger partial charge < -0.3 is 5.32 Å². The van der Waals surface area contributed by atoms with Gasteiger partial charge in [0.2, 0.25) is 0 Å². The van der Waals surface area contributed by atoms with Gasteiger partial charge in [-0.15, -0.1) is 0 Å². The number of pyridine rings is 1. The number of hydrogen-bond donors (Lipinski definition) is 1. The van der Waals surface area contributed by atoms with Crippen molar-refractivity contribution in [2.75, 3.05) is 0 Å². The Morgan fingerprint density at radius 3 is 2.60 bits per heavy atom. The average molecular weight is 337 g/mol. The molecule has 0 bridgehead atoms. The van der Waals surface area contributed by atoms with E-state index in [0.29, 0.717) is 12.1 Å². The van der Waals surface area contributed by atoms with Crippen LogP contribution < -0.4 is 5.32 Å². The Labute approximate surface area is 125 Å². The summed E-state index contributed by atoms with van der Waals surface area (Å²) in [5.74, 6) is -0.475. The number of benzene rings is 1. The maximum atomic E-state index is 12.8. The molecule has 1 atom stereocenters. The third-order valence-corrected chi connectivity index (χ3v) is 3.26. The van der Waals surface area contributed by atoms with Crippen LogP contribution in [-0.4, -0.2) is 16.9 Å². The minimum Gasteiger partial charge on any atom is -0.348 e. The first-order chi connectivity index (χ1) is 9.54. The van der Waals surface area contributed by atoms with Crippen LogP contribution >= 0.6 is 15.9 Å². The minimum atomic E-state index is -0.260. The Balaban J connectivity index is 1.93. The van der Waals surface area contributed by atoms with Crippen molar-refractivity contribution in [3.05, 3.63) is 64.1 Å². The maximum absolute atomic E-state index is 12.8. The van der Waals surface area contributed by atoms with Crippen molar-refractivity contribution in [2.24, 2.45) is 0 Å². The number of rotatable bonds is 4. The van der Waals surface area contributed by atoms with Crippen molar-refractivity contribution in [3.63, 3.8) is 0 Å². The molecule has 0 aliphatic rings. The lowest BCUT2D eigenvalue weighted by Crippen LogP contribution is -2.34. The van der Waals surface area contributed by atoms with Crippen molar-refractivity contribution >= 4 is 21.8 Å². The summed E-state index contributed by atoms with van der Waals surface area (Å²) >= 11 is 3.27. The summed E-state index contributed by atoms with van der Waals surface area (Å²) in [6, 6.07) is 9.64. The lowest BCUT2D eigenvalue weighted by Gasteiger charge is -2.13. The molecule has 0 spiro atoms. The molecule has 1 aromatic heterocycles. The smallest absolute Gasteiger partial charge is 0.270 e. The lowest BCUT2D eigenvalue weighted by atomic mass is 10.1. The van der Waals surface area contributed by atoms with Crippen molar-refractivity contribution in [3.8, 4) is 0 Å².